The Hall–Kier alpha value is -0.440. The molecule has 0 amide bonds. The van der Waals surface area contributed by atoms with E-state index in [0.717, 1.165) is 25.2 Å². The smallest absolute Gasteiger partial charge is 0.137 e. The Morgan fingerprint density at radius 2 is 2.06 bits per heavy atom. The minimum absolute atomic E-state index is 0.136. The fourth-order valence-corrected chi connectivity index (χ4v) is 3.07. The van der Waals surface area contributed by atoms with Crippen LogP contribution in [0.25, 0.3) is 0 Å². The summed E-state index contributed by atoms with van der Waals surface area (Å²) in [6.45, 7) is 2.14. The van der Waals surface area contributed by atoms with E-state index >= 15 is 0 Å². The Morgan fingerprint density at radius 3 is 2.62 bits per heavy atom. The van der Waals surface area contributed by atoms with Crippen molar-refractivity contribution < 1.29 is 9.18 Å². The van der Waals surface area contributed by atoms with Crippen molar-refractivity contribution in [2.24, 2.45) is 29.4 Å². The summed E-state index contributed by atoms with van der Waals surface area (Å²) in [5.74, 6) is 1.09. The lowest BCUT2D eigenvalue weighted by Gasteiger charge is -2.39. The number of alkyl halides is 1. The summed E-state index contributed by atoms with van der Waals surface area (Å²) in [6.07, 6.45) is 5.16. The summed E-state index contributed by atoms with van der Waals surface area (Å²) in [7, 11) is 0. The highest BCUT2D eigenvalue weighted by atomic mass is 19.1. The lowest BCUT2D eigenvalue weighted by Crippen LogP contribution is -2.45. The number of hydrogen-bond acceptors (Lipinski definition) is 2. The van der Waals surface area contributed by atoms with Gasteiger partial charge in [0.05, 0.1) is 6.04 Å². The molecule has 0 aromatic heterocycles. The van der Waals surface area contributed by atoms with Crippen molar-refractivity contribution in [3.63, 3.8) is 0 Å². The second kappa shape index (κ2) is 4.82. The highest BCUT2D eigenvalue weighted by molar-refractivity contribution is 5.57. The predicted molar refractivity (Wildman–Crippen MR) is 61.7 cm³/mol. The molecular formula is C13H22FNO. The molecular weight excluding hydrogens is 205 g/mol. The van der Waals surface area contributed by atoms with Crippen LogP contribution in [-0.2, 0) is 4.79 Å². The topological polar surface area (TPSA) is 43.1 Å². The van der Waals surface area contributed by atoms with Crippen LogP contribution in [0.5, 0.6) is 0 Å². The standard InChI is InChI=1S/C13H22FNO/c1-8-2-5-10(12(15)7-16)13(14)11(8)6-9-3-4-9/h7-13H,2-6,15H2,1H3/t8?,10-,11+,12+,13-/m0/s1. The zero-order valence-corrected chi connectivity index (χ0v) is 9.94. The maximum atomic E-state index is 14.3. The molecule has 2 fully saturated rings. The molecule has 2 N–H and O–H groups in total. The van der Waals surface area contributed by atoms with Crippen LogP contribution >= 0.6 is 0 Å². The second-order valence-electron chi connectivity index (χ2n) is 5.72. The zero-order valence-electron chi connectivity index (χ0n) is 9.94. The number of carbonyl (C=O) groups is 1. The molecule has 0 aromatic rings. The van der Waals surface area contributed by atoms with Crippen molar-refractivity contribution in [3.8, 4) is 0 Å². The molecule has 2 aliphatic rings. The Labute approximate surface area is 96.8 Å². The van der Waals surface area contributed by atoms with Crippen molar-refractivity contribution in [1.82, 2.24) is 0 Å². The SMILES string of the molecule is CC1CC[C@@H]([C@H](N)C=O)[C@H](F)[C@@H]1CC1CC1. The van der Waals surface area contributed by atoms with Crippen molar-refractivity contribution in [1.29, 1.82) is 0 Å². The molecule has 16 heavy (non-hydrogen) atoms. The van der Waals surface area contributed by atoms with Crippen LogP contribution in [0.4, 0.5) is 4.39 Å². The average Bonchev–Trinajstić information content (AvgIpc) is 3.07. The van der Waals surface area contributed by atoms with Gasteiger partial charge in [-0.15, -0.1) is 0 Å². The monoisotopic (exact) mass is 227 g/mol. The largest absolute Gasteiger partial charge is 0.321 e. The van der Waals surface area contributed by atoms with Gasteiger partial charge in [0.2, 0.25) is 0 Å². The fourth-order valence-electron chi connectivity index (χ4n) is 3.07. The van der Waals surface area contributed by atoms with Crippen molar-refractivity contribution in [2.75, 3.05) is 0 Å². The zero-order chi connectivity index (χ0) is 11.7. The number of halogens is 1. The van der Waals surface area contributed by atoms with Gasteiger partial charge in [-0.25, -0.2) is 4.39 Å². The van der Waals surface area contributed by atoms with E-state index in [2.05, 4.69) is 6.92 Å². The van der Waals surface area contributed by atoms with E-state index < -0.39 is 12.2 Å². The van der Waals surface area contributed by atoms with Crippen LogP contribution in [-0.4, -0.2) is 18.5 Å². The minimum atomic E-state index is -0.871. The van der Waals surface area contributed by atoms with Gasteiger partial charge in [-0.05, 0) is 37.0 Å². The number of aldehydes is 1. The first-order chi connectivity index (χ1) is 7.63. The van der Waals surface area contributed by atoms with Gasteiger partial charge in [0.1, 0.15) is 12.5 Å². The lowest BCUT2D eigenvalue weighted by atomic mass is 9.69. The number of nitrogens with two attached hydrogens (primary N) is 1. The molecule has 1 unspecified atom stereocenters. The van der Waals surface area contributed by atoms with Crippen LogP contribution in [0.15, 0.2) is 0 Å². The van der Waals surface area contributed by atoms with E-state index in [4.69, 9.17) is 5.73 Å². The average molecular weight is 227 g/mol. The molecule has 0 heterocycles. The normalized spacial score (nSPS) is 41.7. The molecule has 0 aromatic carbocycles. The van der Waals surface area contributed by atoms with E-state index in [0.29, 0.717) is 12.2 Å². The van der Waals surface area contributed by atoms with Gasteiger partial charge >= 0.3 is 0 Å². The van der Waals surface area contributed by atoms with E-state index in [1.807, 2.05) is 0 Å². The number of hydrogen-bond donors (Lipinski definition) is 1. The van der Waals surface area contributed by atoms with Gasteiger partial charge in [-0.2, -0.15) is 0 Å². The lowest BCUT2D eigenvalue weighted by molar-refractivity contribution is -0.111. The van der Waals surface area contributed by atoms with E-state index in [1.165, 1.54) is 12.8 Å². The molecule has 0 spiro atoms. The summed E-state index contributed by atoms with van der Waals surface area (Å²) < 4.78 is 14.3. The maximum absolute atomic E-state index is 14.3. The van der Waals surface area contributed by atoms with Gasteiger partial charge < -0.3 is 10.5 Å². The highest BCUT2D eigenvalue weighted by Gasteiger charge is 2.42. The molecule has 0 aliphatic heterocycles. The van der Waals surface area contributed by atoms with Gasteiger partial charge in [-0.1, -0.05) is 19.8 Å². The molecule has 2 aliphatic carbocycles. The predicted octanol–water partition coefficient (Wildman–Crippen LogP) is 2.31. The summed E-state index contributed by atoms with van der Waals surface area (Å²) in [6, 6.07) is -0.607. The Morgan fingerprint density at radius 1 is 1.38 bits per heavy atom. The first kappa shape index (κ1) is 12.0. The van der Waals surface area contributed by atoms with E-state index in [1.54, 1.807) is 0 Å². The summed E-state index contributed by atoms with van der Waals surface area (Å²) in [5, 5.41) is 0. The van der Waals surface area contributed by atoms with Crippen LogP contribution in [0, 0.1) is 23.7 Å². The second-order valence-corrected chi connectivity index (χ2v) is 5.72. The van der Waals surface area contributed by atoms with Crippen LogP contribution in [0.3, 0.4) is 0 Å². The quantitative estimate of drug-likeness (QED) is 0.749. The summed E-state index contributed by atoms with van der Waals surface area (Å²) in [5.41, 5.74) is 5.68. The van der Waals surface area contributed by atoms with Crippen molar-refractivity contribution in [2.45, 2.75) is 51.2 Å². The number of rotatable bonds is 4. The molecule has 92 valence electrons. The third kappa shape index (κ3) is 2.45. The summed E-state index contributed by atoms with van der Waals surface area (Å²) in [4.78, 5) is 10.7. The maximum Gasteiger partial charge on any atom is 0.137 e. The fraction of sp³-hybridized carbons (Fsp3) is 0.923. The molecule has 2 saturated carbocycles. The Kier molecular flexibility index (Phi) is 3.63. The van der Waals surface area contributed by atoms with Crippen LogP contribution in [0.2, 0.25) is 0 Å². The molecule has 0 radical (unpaired) electrons. The first-order valence-corrected chi connectivity index (χ1v) is 6.48. The third-order valence-corrected chi connectivity index (χ3v) is 4.46. The van der Waals surface area contributed by atoms with Crippen molar-refractivity contribution in [3.05, 3.63) is 0 Å². The van der Waals surface area contributed by atoms with Gasteiger partial charge in [0.15, 0.2) is 0 Å². The van der Waals surface area contributed by atoms with Gasteiger partial charge in [-0.3, -0.25) is 0 Å². The Balaban J connectivity index is 1.99. The molecule has 2 rings (SSSR count). The first-order valence-electron chi connectivity index (χ1n) is 6.48. The van der Waals surface area contributed by atoms with E-state index in [9.17, 15) is 9.18 Å². The number of carbonyl (C=O) groups excluding carboxylic acids is 1. The van der Waals surface area contributed by atoms with Crippen LogP contribution < -0.4 is 5.73 Å². The molecule has 3 heteroatoms. The van der Waals surface area contributed by atoms with Gasteiger partial charge in [0, 0.05) is 5.92 Å². The molecule has 0 saturated heterocycles. The minimum Gasteiger partial charge on any atom is -0.321 e. The van der Waals surface area contributed by atoms with E-state index in [-0.39, 0.29) is 11.8 Å². The van der Waals surface area contributed by atoms with Crippen LogP contribution in [0.1, 0.15) is 39.0 Å². The molecule has 5 atom stereocenters. The Bertz CT molecular complexity index is 254. The van der Waals surface area contributed by atoms with Gasteiger partial charge in [0.25, 0.3) is 0 Å². The van der Waals surface area contributed by atoms with Crippen molar-refractivity contribution >= 4 is 6.29 Å². The molecule has 2 nitrogen and oxygen atoms in total. The highest BCUT2D eigenvalue weighted by Crippen LogP contribution is 2.45. The molecule has 0 bridgehead atoms. The summed E-state index contributed by atoms with van der Waals surface area (Å²) >= 11 is 0. The third-order valence-electron chi connectivity index (χ3n) is 4.46.